The average molecular weight is 385 g/mol. The molecule has 0 atom stereocenters. The Morgan fingerprint density at radius 2 is 1.68 bits per heavy atom. The van der Waals surface area contributed by atoms with Crippen LogP contribution in [0.3, 0.4) is 0 Å². The Bertz CT molecular complexity index is 766. The molecule has 0 saturated carbocycles. The van der Waals surface area contributed by atoms with Crippen molar-refractivity contribution in [3.8, 4) is 0 Å². The molecular formula is C21H27N3O4. The van der Waals surface area contributed by atoms with E-state index in [4.69, 9.17) is 13.9 Å². The van der Waals surface area contributed by atoms with Gasteiger partial charge in [0.25, 0.3) is 0 Å². The summed E-state index contributed by atoms with van der Waals surface area (Å²) in [6.07, 6.45) is 2.62. The topological polar surface area (TPSA) is 67.2 Å². The van der Waals surface area contributed by atoms with Gasteiger partial charge in [-0.05, 0) is 30.3 Å². The molecule has 2 aliphatic heterocycles. The van der Waals surface area contributed by atoms with Crippen LogP contribution in [0.15, 0.2) is 41.0 Å². The van der Waals surface area contributed by atoms with Crippen LogP contribution in [0.25, 0.3) is 0 Å². The van der Waals surface area contributed by atoms with Gasteiger partial charge in [0, 0.05) is 44.7 Å². The number of carbonyl (C=O) groups is 1. The van der Waals surface area contributed by atoms with E-state index in [1.165, 1.54) is 5.69 Å². The molecule has 2 aromatic rings. The molecule has 0 unspecified atom stereocenters. The first-order chi connectivity index (χ1) is 13.8. The van der Waals surface area contributed by atoms with Gasteiger partial charge >= 0.3 is 0 Å². The summed E-state index contributed by atoms with van der Waals surface area (Å²) in [4.78, 5) is 17.1. The fourth-order valence-corrected chi connectivity index (χ4v) is 3.61. The number of morpholine rings is 2. The monoisotopic (exact) mass is 385 g/mol. The maximum atomic E-state index is 12.5. The minimum atomic E-state index is -0.00923. The Hall–Kier alpha value is -2.51. The highest BCUT2D eigenvalue weighted by Gasteiger charge is 2.19. The lowest BCUT2D eigenvalue weighted by Gasteiger charge is -2.33. The molecule has 7 heteroatoms. The zero-order valence-electron chi connectivity index (χ0n) is 16.1. The number of hydrogen-bond donors (Lipinski definition) is 1. The SMILES string of the molecule is O=C(CCc1ccco1)Nc1ccc(N2CCOCC2)cc1N1CCOCC1. The molecule has 150 valence electrons. The highest BCUT2D eigenvalue weighted by Crippen LogP contribution is 2.32. The fraction of sp³-hybridized carbons (Fsp3) is 0.476. The summed E-state index contributed by atoms with van der Waals surface area (Å²) < 4.78 is 16.3. The van der Waals surface area contributed by atoms with Crippen LogP contribution in [0.1, 0.15) is 12.2 Å². The number of anilines is 3. The standard InChI is InChI=1S/C21H27N3O4/c25-21(6-4-18-2-1-11-28-18)22-19-5-3-17(23-7-12-26-13-8-23)16-20(19)24-9-14-27-15-10-24/h1-3,5,11,16H,4,6-10,12-15H2,(H,22,25). The maximum absolute atomic E-state index is 12.5. The van der Waals surface area contributed by atoms with E-state index >= 15 is 0 Å². The first kappa shape index (κ1) is 18.8. The second-order valence-electron chi connectivity index (χ2n) is 7.03. The van der Waals surface area contributed by atoms with Crippen molar-refractivity contribution in [3.63, 3.8) is 0 Å². The molecule has 4 rings (SSSR count). The smallest absolute Gasteiger partial charge is 0.224 e. The van der Waals surface area contributed by atoms with Gasteiger partial charge in [0.05, 0.1) is 44.1 Å². The summed E-state index contributed by atoms with van der Waals surface area (Å²) in [5.41, 5.74) is 3.07. The Balaban J connectivity index is 1.49. The van der Waals surface area contributed by atoms with Gasteiger partial charge < -0.3 is 29.0 Å². The molecule has 1 aromatic heterocycles. The normalized spacial score (nSPS) is 17.6. The predicted octanol–water partition coefficient (Wildman–Crippen LogP) is 2.52. The van der Waals surface area contributed by atoms with E-state index < -0.39 is 0 Å². The number of amides is 1. The van der Waals surface area contributed by atoms with Crippen LogP contribution >= 0.6 is 0 Å². The number of hydrogen-bond acceptors (Lipinski definition) is 6. The number of nitrogens with one attached hydrogen (secondary N) is 1. The summed E-state index contributed by atoms with van der Waals surface area (Å²) in [6.45, 7) is 6.32. The largest absolute Gasteiger partial charge is 0.469 e. The zero-order valence-corrected chi connectivity index (χ0v) is 16.1. The predicted molar refractivity (Wildman–Crippen MR) is 108 cm³/mol. The van der Waals surface area contributed by atoms with E-state index in [1.807, 2.05) is 18.2 Å². The number of nitrogens with zero attached hydrogens (tertiary/aromatic N) is 2. The van der Waals surface area contributed by atoms with Crippen molar-refractivity contribution in [2.45, 2.75) is 12.8 Å². The van der Waals surface area contributed by atoms with Gasteiger partial charge in [0.2, 0.25) is 5.91 Å². The van der Waals surface area contributed by atoms with E-state index in [0.717, 1.165) is 56.5 Å². The molecular weight excluding hydrogens is 358 g/mol. The summed E-state index contributed by atoms with van der Waals surface area (Å²) in [6, 6.07) is 10.0. The minimum absolute atomic E-state index is 0.00923. The lowest BCUT2D eigenvalue weighted by Crippen LogP contribution is -2.38. The number of carbonyl (C=O) groups excluding carboxylic acids is 1. The van der Waals surface area contributed by atoms with E-state index in [2.05, 4.69) is 27.2 Å². The van der Waals surface area contributed by atoms with Crippen LogP contribution in [0.2, 0.25) is 0 Å². The summed E-state index contributed by atoms with van der Waals surface area (Å²) in [5, 5.41) is 3.09. The Morgan fingerprint density at radius 1 is 0.964 bits per heavy atom. The van der Waals surface area contributed by atoms with Crippen LogP contribution < -0.4 is 15.1 Å². The number of aryl methyl sites for hydroxylation is 1. The molecule has 2 saturated heterocycles. The molecule has 1 N–H and O–H groups in total. The molecule has 0 radical (unpaired) electrons. The van der Waals surface area contributed by atoms with Crippen molar-refractivity contribution >= 4 is 23.0 Å². The van der Waals surface area contributed by atoms with E-state index in [9.17, 15) is 4.79 Å². The van der Waals surface area contributed by atoms with Crippen LogP contribution in [-0.2, 0) is 20.7 Å². The third kappa shape index (κ3) is 4.66. The molecule has 0 aliphatic carbocycles. The quantitative estimate of drug-likeness (QED) is 0.824. The van der Waals surface area contributed by atoms with Crippen molar-refractivity contribution in [1.82, 2.24) is 0 Å². The van der Waals surface area contributed by atoms with Crippen LogP contribution in [-0.4, -0.2) is 58.5 Å². The molecule has 2 aliphatic rings. The molecule has 7 nitrogen and oxygen atoms in total. The first-order valence-electron chi connectivity index (χ1n) is 9.91. The number of rotatable bonds is 6. The van der Waals surface area contributed by atoms with E-state index in [1.54, 1.807) is 6.26 Å². The van der Waals surface area contributed by atoms with Gasteiger partial charge in [-0.1, -0.05) is 0 Å². The summed E-state index contributed by atoms with van der Waals surface area (Å²) in [5.74, 6) is 0.816. The van der Waals surface area contributed by atoms with Crippen molar-refractivity contribution < 1.29 is 18.7 Å². The Kier molecular flexibility index (Phi) is 6.14. The lowest BCUT2D eigenvalue weighted by molar-refractivity contribution is -0.116. The highest BCUT2D eigenvalue weighted by atomic mass is 16.5. The second-order valence-corrected chi connectivity index (χ2v) is 7.03. The van der Waals surface area contributed by atoms with Gasteiger partial charge in [-0.25, -0.2) is 0 Å². The van der Waals surface area contributed by atoms with E-state index in [-0.39, 0.29) is 5.91 Å². The van der Waals surface area contributed by atoms with Gasteiger partial charge in [-0.2, -0.15) is 0 Å². The lowest BCUT2D eigenvalue weighted by atomic mass is 10.1. The second kappa shape index (κ2) is 9.12. The molecule has 28 heavy (non-hydrogen) atoms. The van der Waals surface area contributed by atoms with Gasteiger partial charge in [0.15, 0.2) is 0 Å². The van der Waals surface area contributed by atoms with Crippen molar-refractivity contribution in [3.05, 3.63) is 42.4 Å². The molecule has 0 spiro atoms. The molecule has 1 amide bonds. The van der Waals surface area contributed by atoms with Crippen LogP contribution in [0.5, 0.6) is 0 Å². The van der Waals surface area contributed by atoms with Crippen LogP contribution in [0, 0.1) is 0 Å². The zero-order chi connectivity index (χ0) is 19.2. The number of ether oxygens (including phenoxy) is 2. The number of furan rings is 1. The average Bonchev–Trinajstić information content (AvgIpc) is 3.28. The molecule has 0 bridgehead atoms. The third-order valence-corrected chi connectivity index (χ3v) is 5.16. The fourth-order valence-electron chi connectivity index (χ4n) is 3.61. The highest BCUT2D eigenvalue weighted by molar-refractivity contribution is 5.95. The van der Waals surface area contributed by atoms with Crippen molar-refractivity contribution in [2.75, 3.05) is 67.7 Å². The van der Waals surface area contributed by atoms with Gasteiger partial charge in [-0.3, -0.25) is 4.79 Å². The first-order valence-corrected chi connectivity index (χ1v) is 9.91. The molecule has 3 heterocycles. The summed E-state index contributed by atoms with van der Waals surface area (Å²) >= 11 is 0. The Morgan fingerprint density at radius 3 is 2.36 bits per heavy atom. The van der Waals surface area contributed by atoms with Crippen LogP contribution in [0.4, 0.5) is 17.1 Å². The summed E-state index contributed by atoms with van der Waals surface area (Å²) in [7, 11) is 0. The van der Waals surface area contributed by atoms with Gasteiger partial charge in [0.1, 0.15) is 5.76 Å². The molecule has 1 aromatic carbocycles. The number of benzene rings is 1. The Labute approximate surface area is 165 Å². The molecule has 2 fully saturated rings. The van der Waals surface area contributed by atoms with Crippen molar-refractivity contribution in [2.24, 2.45) is 0 Å². The van der Waals surface area contributed by atoms with Crippen molar-refractivity contribution in [1.29, 1.82) is 0 Å². The third-order valence-electron chi connectivity index (χ3n) is 5.16. The van der Waals surface area contributed by atoms with E-state index in [0.29, 0.717) is 26.1 Å². The maximum Gasteiger partial charge on any atom is 0.224 e. The van der Waals surface area contributed by atoms with Gasteiger partial charge in [-0.15, -0.1) is 0 Å². The minimum Gasteiger partial charge on any atom is -0.469 e.